The van der Waals surface area contributed by atoms with E-state index in [1.807, 2.05) is 0 Å². The van der Waals surface area contributed by atoms with Gasteiger partial charge in [-0.25, -0.2) is 9.97 Å². The highest BCUT2D eigenvalue weighted by Crippen LogP contribution is 2.28. The number of carbonyl (C=O) groups is 1. The lowest BCUT2D eigenvalue weighted by molar-refractivity contribution is -0.137. The van der Waals surface area contributed by atoms with Crippen LogP contribution in [0.4, 0.5) is 22.7 Å². The number of hydrogen-bond donors (Lipinski definition) is 1. The van der Waals surface area contributed by atoms with Gasteiger partial charge in [-0.05, 0) is 54.1 Å². The zero-order valence-corrected chi connectivity index (χ0v) is 17.6. The summed E-state index contributed by atoms with van der Waals surface area (Å²) in [6, 6.07) is 8.52. The topological polar surface area (TPSA) is 72.7 Å². The summed E-state index contributed by atoms with van der Waals surface area (Å²) >= 11 is 1.20. The molecule has 0 unspecified atom stereocenters. The van der Waals surface area contributed by atoms with E-state index >= 15 is 0 Å². The summed E-state index contributed by atoms with van der Waals surface area (Å²) in [5, 5.41) is 4.75. The van der Waals surface area contributed by atoms with Crippen molar-refractivity contribution in [2.75, 3.05) is 5.32 Å². The SMILES string of the molecule is O=C(Nc1nc(/C=C/c2ccc(C(F)(F)F)cn2)cs1)c1cccn1Cc1ccnc(F)c1. The summed E-state index contributed by atoms with van der Waals surface area (Å²) in [7, 11) is 0. The number of carbonyl (C=O) groups excluding carboxylic acids is 1. The lowest BCUT2D eigenvalue weighted by Crippen LogP contribution is -2.17. The molecule has 4 aromatic rings. The number of anilines is 1. The van der Waals surface area contributed by atoms with Crippen molar-refractivity contribution >= 4 is 34.5 Å². The Morgan fingerprint density at radius 1 is 1.12 bits per heavy atom. The summed E-state index contributed by atoms with van der Waals surface area (Å²) in [6.07, 6.45) is 2.51. The Kier molecular flexibility index (Phi) is 6.31. The number of rotatable bonds is 6. The zero-order chi connectivity index (χ0) is 23.4. The minimum absolute atomic E-state index is 0.293. The van der Waals surface area contributed by atoms with E-state index in [4.69, 9.17) is 0 Å². The van der Waals surface area contributed by atoms with Crippen molar-refractivity contribution in [3.05, 3.63) is 94.5 Å². The lowest BCUT2D eigenvalue weighted by atomic mass is 10.2. The van der Waals surface area contributed by atoms with Gasteiger partial charge in [0, 0.05) is 30.5 Å². The molecule has 4 heterocycles. The number of alkyl halides is 3. The van der Waals surface area contributed by atoms with Crippen molar-refractivity contribution in [3.63, 3.8) is 0 Å². The number of thiazole rings is 1. The number of pyridine rings is 2. The van der Waals surface area contributed by atoms with Gasteiger partial charge in [0.25, 0.3) is 5.91 Å². The first kappa shape index (κ1) is 22.3. The van der Waals surface area contributed by atoms with Gasteiger partial charge in [-0.2, -0.15) is 17.6 Å². The molecule has 0 saturated heterocycles. The molecule has 0 aromatic carbocycles. The second kappa shape index (κ2) is 9.33. The standard InChI is InChI=1S/C22H15F4N5OS/c23-19-10-14(7-8-27-19)12-31-9-1-2-18(31)20(32)30-21-29-17(13-33-21)6-5-16-4-3-15(11-28-16)22(24,25)26/h1-11,13H,12H2,(H,29,30,32)/b6-5+. The normalized spacial score (nSPS) is 11.8. The Morgan fingerprint density at radius 2 is 1.94 bits per heavy atom. The predicted molar refractivity (Wildman–Crippen MR) is 116 cm³/mol. The van der Waals surface area contributed by atoms with E-state index in [2.05, 4.69) is 20.3 Å². The molecule has 4 aromatic heterocycles. The van der Waals surface area contributed by atoms with Crippen molar-refractivity contribution in [3.8, 4) is 0 Å². The number of amides is 1. The number of halogens is 4. The average molecular weight is 473 g/mol. The molecule has 4 rings (SSSR count). The molecule has 0 fully saturated rings. The van der Waals surface area contributed by atoms with Gasteiger partial charge in [0.1, 0.15) is 5.69 Å². The molecule has 1 N–H and O–H groups in total. The third-order valence-electron chi connectivity index (χ3n) is 4.49. The van der Waals surface area contributed by atoms with Crippen LogP contribution in [-0.4, -0.2) is 25.4 Å². The molecule has 1 amide bonds. The Labute approximate surface area is 189 Å². The fourth-order valence-electron chi connectivity index (χ4n) is 2.92. The molecule has 0 aliphatic heterocycles. The molecule has 168 valence electrons. The van der Waals surface area contributed by atoms with Gasteiger partial charge in [0.2, 0.25) is 5.95 Å². The van der Waals surface area contributed by atoms with Gasteiger partial charge in [-0.3, -0.25) is 15.1 Å². The van der Waals surface area contributed by atoms with E-state index in [9.17, 15) is 22.4 Å². The van der Waals surface area contributed by atoms with Crippen LogP contribution in [-0.2, 0) is 12.7 Å². The first-order valence-electron chi connectivity index (χ1n) is 9.52. The molecular formula is C22H15F4N5OS. The van der Waals surface area contributed by atoms with Crippen molar-refractivity contribution in [1.82, 2.24) is 19.5 Å². The van der Waals surface area contributed by atoms with Crippen LogP contribution < -0.4 is 5.32 Å². The molecule has 0 spiro atoms. The van der Waals surface area contributed by atoms with Crippen LogP contribution in [0.2, 0.25) is 0 Å². The summed E-state index contributed by atoms with van der Waals surface area (Å²) in [6.45, 7) is 0.293. The maximum Gasteiger partial charge on any atom is 0.417 e. The van der Waals surface area contributed by atoms with Crippen LogP contribution in [0.3, 0.4) is 0 Å². The van der Waals surface area contributed by atoms with Crippen molar-refractivity contribution in [2.24, 2.45) is 0 Å². The minimum Gasteiger partial charge on any atom is -0.339 e. The zero-order valence-electron chi connectivity index (χ0n) is 16.8. The summed E-state index contributed by atoms with van der Waals surface area (Å²) in [4.78, 5) is 24.2. The third-order valence-corrected chi connectivity index (χ3v) is 5.26. The van der Waals surface area contributed by atoms with Gasteiger partial charge in [-0.1, -0.05) is 0 Å². The Bertz CT molecular complexity index is 1290. The monoisotopic (exact) mass is 473 g/mol. The number of nitrogens with one attached hydrogen (secondary N) is 1. The van der Waals surface area contributed by atoms with Crippen LogP contribution >= 0.6 is 11.3 Å². The fourth-order valence-corrected chi connectivity index (χ4v) is 3.59. The van der Waals surface area contributed by atoms with Gasteiger partial charge >= 0.3 is 6.18 Å². The molecule has 6 nitrogen and oxygen atoms in total. The van der Waals surface area contributed by atoms with Crippen molar-refractivity contribution in [1.29, 1.82) is 0 Å². The Hall–Kier alpha value is -3.86. The van der Waals surface area contributed by atoms with Crippen LogP contribution in [0.25, 0.3) is 12.2 Å². The second-order valence-electron chi connectivity index (χ2n) is 6.84. The van der Waals surface area contributed by atoms with Crippen molar-refractivity contribution in [2.45, 2.75) is 12.7 Å². The quantitative estimate of drug-likeness (QED) is 0.302. The molecule has 0 saturated carbocycles. The molecule has 0 radical (unpaired) electrons. The highest BCUT2D eigenvalue weighted by atomic mass is 32.1. The fraction of sp³-hybridized carbons (Fsp3) is 0.0909. The van der Waals surface area contributed by atoms with E-state index in [1.165, 1.54) is 35.7 Å². The average Bonchev–Trinajstić information content (AvgIpc) is 3.41. The van der Waals surface area contributed by atoms with Crippen LogP contribution in [0.5, 0.6) is 0 Å². The summed E-state index contributed by atoms with van der Waals surface area (Å²) in [5.74, 6) is -0.982. The van der Waals surface area contributed by atoms with Crippen LogP contribution in [0.15, 0.2) is 60.4 Å². The first-order chi connectivity index (χ1) is 15.8. The summed E-state index contributed by atoms with van der Waals surface area (Å²) in [5.41, 5.74) is 1.06. The predicted octanol–water partition coefficient (Wildman–Crippen LogP) is 5.36. The highest BCUT2D eigenvalue weighted by molar-refractivity contribution is 7.14. The molecule has 11 heteroatoms. The highest BCUT2D eigenvalue weighted by Gasteiger charge is 2.30. The van der Waals surface area contributed by atoms with Crippen LogP contribution in [0, 0.1) is 5.95 Å². The van der Waals surface area contributed by atoms with Crippen molar-refractivity contribution < 1.29 is 22.4 Å². The smallest absolute Gasteiger partial charge is 0.339 e. The van der Waals surface area contributed by atoms with E-state index in [1.54, 1.807) is 40.4 Å². The largest absolute Gasteiger partial charge is 0.417 e. The van der Waals surface area contributed by atoms with Gasteiger partial charge in [0.05, 0.1) is 17.0 Å². The summed E-state index contributed by atoms with van der Waals surface area (Å²) < 4.78 is 52.8. The van der Waals surface area contributed by atoms with E-state index in [0.29, 0.717) is 34.3 Å². The molecule has 33 heavy (non-hydrogen) atoms. The van der Waals surface area contributed by atoms with E-state index in [-0.39, 0.29) is 5.91 Å². The number of nitrogens with zero attached hydrogens (tertiary/aromatic N) is 4. The maximum absolute atomic E-state index is 13.3. The minimum atomic E-state index is -4.44. The molecule has 0 aliphatic rings. The Balaban J connectivity index is 1.40. The van der Waals surface area contributed by atoms with Gasteiger partial charge in [0.15, 0.2) is 5.13 Å². The third kappa shape index (κ3) is 5.69. The first-order valence-corrected chi connectivity index (χ1v) is 10.4. The van der Waals surface area contributed by atoms with Crippen LogP contribution in [0.1, 0.15) is 33.0 Å². The number of aromatic nitrogens is 4. The molecule has 0 atom stereocenters. The Morgan fingerprint density at radius 3 is 2.67 bits per heavy atom. The second-order valence-corrected chi connectivity index (χ2v) is 7.70. The lowest BCUT2D eigenvalue weighted by Gasteiger charge is -2.09. The molecule has 0 aliphatic carbocycles. The maximum atomic E-state index is 13.3. The van der Waals surface area contributed by atoms with Gasteiger partial charge in [-0.15, -0.1) is 11.3 Å². The van der Waals surface area contributed by atoms with E-state index in [0.717, 1.165) is 12.3 Å². The molecule has 0 bridgehead atoms. The van der Waals surface area contributed by atoms with E-state index < -0.39 is 17.7 Å². The molecular weight excluding hydrogens is 458 g/mol. The van der Waals surface area contributed by atoms with Gasteiger partial charge < -0.3 is 4.57 Å². The number of hydrogen-bond acceptors (Lipinski definition) is 5.